The molecule has 0 radical (unpaired) electrons. The summed E-state index contributed by atoms with van der Waals surface area (Å²) < 4.78 is 0. The molecular formula is C15H17Cl2NO. The topological polar surface area (TPSA) is 20.3 Å². The summed E-state index contributed by atoms with van der Waals surface area (Å²) in [6.07, 6.45) is 2.03. The van der Waals surface area contributed by atoms with E-state index in [1.165, 1.54) is 0 Å². The van der Waals surface area contributed by atoms with Gasteiger partial charge < -0.3 is 4.90 Å². The first kappa shape index (κ1) is 13.3. The van der Waals surface area contributed by atoms with Crippen LogP contribution in [0, 0.1) is 11.8 Å². The molecule has 1 aliphatic heterocycles. The highest BCUT2D eigenvalue weighted by Crippen LogP contribution is 2.51. The second kappa shape index (κ2) is 4.99. The van der Waals surface area contributed by atoms with Crippen molar-refractivity contribution in [3.05, 3.63) is 33.8 Å². The Kier molecular flexibility index (Phi) is 3.48. The fourth-order valence-corrected chi connectivity index (χ4v) is 3.44. The van der Waals surface area contributed by atoms with Crippen molar-refractivity contribution in [1.29, 1.82) is 0 Å². The number of carbonyl (C=O) groups excluding carboxylic acids is 1. The van der Waals surface area contributed by atoms with Gasteiger partial charge in [0.15, 0.2) is 0 Å². The number of benzene rings is 1. The first-order valence-corrected chi connectivity index (χ1v) is 7.56. The van der Waals surface area contributed by atoms with Crippen LogP contribution in [0.1, 0.15) is 31.2 Å². The number of halogens is 2. The molecule has 2 aliphatic rings. The molecule has 1 aliphatic carbocycles. The van der Waals surface area contributed by atoms with Crippen molar-refractivity contribution < 1.29 is 4.79 Å². The smallest absolute Gasteiger partial charge is 0.226 e. The van der Waals surface area contributed by atoms with Crippen LogP contribution in [0.3, 0.4) is 0 Å². The van der Waals surface area contributed by atoms with E-state index in [0.717, 1.165) is 31.5 Å². The van der Waals surface area contributed by atoms with Gasteiger partial charge in [-0.05, 0) is 36.3 Å². The van der Waals surface area contributed by atoms with E-state index in [4.69, 9.17) is 23.2 Å². The highest BCUT2D eigenvalue weighted by atomic mass is 35.5. The van der Waals surface area contributed by atoms with Crippen molar-refractivity contribution >= 4 is 29.1 Å². The molecule has 102 valence electrons. The van der Waals surface area contributed by atoms with Gasteiger partial charge in [0.1, 0.15) is 0 Å². The zero-order valence-electron chi connectivity index (χ0n) is 10.9. The highest BCUT2D eigenvalue weighted by Gasteiger charge is 2.47. The highest BCUT2D eigenvalue weighted by molar-refractivity contribution is 6.42. The molecule has 0 N–H and O–H groups in total. The van der Waals surface area contributed by atoms with Gasteiger partial charge in [-0.15, -0.1) is 0 Å². The van der Waals surface area contributed by atoms with Crippen molar-refractivity contribution in [3.8, 4) is 0 Å². The van der Waals surface area contributed by atoms with Crippen LogP contribution in [0.15, 0.2) is 18.2 Å². The molecule has 1 heterocycles. The molecule has 0 bridgehead atoms. The summed E-state index contributed by atoms with van der Waals surface area (Å²) in [7, 11) is 0. The number of nitrogens with zero attached hydrogens (tertiary/aromatic N) is 1. The molecular weight excluding hydrogens is 281 g/mol. The SMILES string of the molecule is CC1CCN(C(=O)C2CC2c2cccc(Cl)c2Cl)C1. The molecule has 3 unspecified atom stereocenters. The van der Waals surface area contributed by atoms with Gasteiger partial charge in [0.2, 0.25) is 5.91 Å². The van der Waals surface area contributed by atoms with Gasteiger partial charge in [-0.1, -0.05) is 42.3 Å². The molecule has 1 amide bonds. The van der Waals surface area contributed by atoms with E-state index in [-0.39, 0.29) is 11.8 Å². The molecule has 1 saturated heterocycles. The number of carbonyl (C=O) groups is 1. The van der Waals surface area contributed by atoms with Crippen LogP contribution in [0.4, 0.5) is 0 Å². The van der Waals surface area contributed by atoms with Gasteiger partial charge >= 0.3 is 0 Å². The van der Waals surface area contributed by atoms with E-state index >= 15 is 0 Å². The Morgan fingerprint density at radius 2 is 2.16 bits per heavy atom. The molecule has 0 spiro atoms. The van der Waals surface area contributed by atoms with Gasteiger partial charge in [-0.2, -0.15) is 0 Å². The van der Waals surface area contributed by atoms with Crippen molar-refractivity contribution in [3.63, 3.8) is 0 Å². The molecule has 3 rings (SSSR count). The largest absolute Gasteiger partial charge is 0.342 e. The van der Waals surface area contributed by atoms with Gasteiger partial charge in [-0.25, -0.2) is 0 Å². The van der Waals surface area contributed by atoms with Gasteiger partial charge in [0.05, 0.1) is 10.0 Å². The second-order valence-electron chi connectivity index (χ2n) is 5.77. The van der Waals surface area contributed by atoms with Crippen molar-refractivity contribution in [1.82, 2.24) is 4.90 Å². The van der Waals surface area contributed by atoms with Crippen LogP contribution in [-0.2, 0) is 4.79 Å². The first-order chi connectivity index (χ1) is 9.08. The van der Waals surface area contributed by atoms with Crippen molar-refractivity contribution in [2.45, 2.75) is 25.7 Å². The maximum Gasteiger partial charge on any atom is 0.226 e. The predicted octanol–water partition coefficient (Wildman–Crippen LogP) is 3.97. The average Bonchev–Trinajstić information content (AvgIpc) is 3.06. The lowest BCUT2D eigenvalue weighted by atomic mass is 10.1. The maximum absolute atomic E-state index is 12.4. The van der Waals surface area contributed by atoms with Crippen LogP contribution in [0.2, 0.25) is 10.0 Å². The normalized spacial score (nSPS) is 29.6. The summed E-state index contributed by atoms with van der Waals surface area (Å²) in [5, 5.41) is 1.19. The number of hydrogen-bond acceptors (Lipinski definition) is 1. The Hall–Kier alpha value is -0.730. The fourth-order valence-electron chi connectivity index (χ4n) is 2.99. The molecule has 19 heavy (non-hydrogen) atoms. The van der Waals surface area contributed by atoms with E-state index in [1.54, 1.807) is 6.07 Å². The Labute approximate surface area is 123 Å². The molecule has 2 nitrogen and oxygen atoms in total. The van der Waals surface area contributed by atoms with E-state index in [9.17, 15) is 4.79 Å². The lowest BCUT2D eigenvalue weighted by Crippen LogP contribution is -2.30. The van der Waals surface area contributed by atoms with E-state index < -0.39 is 0 Å². The quantitative estimate of drug-likeness (QED) is 0.809. The third-order valence-corrected chi connectivity index (χ3v) is 5.06. The second-order valence-corrected chi connectivity index (χ2v) is 6.55. The number of rotatable bonds is 2. The molecule has 0 aromatic heterocycles. The average molecular weight is 298 g/mol. The number of amides is 1. The maximum atomic E-state index is 12.4. The summed E-state index contributed by atoms with van der Waals surface area (Å²) in [6.45, 7) is 4.02. The summed E-state index contributed by atoms with van der Waals surface area (Å²) in [5.41, 5.74) is 1.03. The van der Waals surface area contributed by atoms with Crippen molar-refractivity contribution in [2.24, 2.45) is 11.8 Å². The molecule has 1 aromatic carbocycles. The summed E-state index contributed by atoms with van der Waals surface area (Å²) in [6, 6.07) is 5.68. The first-order valence-electron chi connectivity index (χ1n) is 6.80. The van der Waals surface area contributed by atoms with Gasteiger partial charge in [0, 0.05) is 19.0 Å². The monoisotopic (exact) mass is 297 g/mol. The predicted molar refractivity (Wildman–Crippen MR) is 77.7 cm³/mol. The molecule has 3 atom stereocenters. The summed E-state index contributed by atoms with van der Waals surface area (Å²) >= 11 is 12.3. The van der Waals surface area contributed by atoms with E-state index in [2.05, 4.69) is 6.92 Å². The van der Waals surface area contributed by atoms with Crippen LogP contribution >= 0.6 is 23.2 Å². The standard InChI is InChI=1S/C15H17Cl2NO/c1-9-5-6-18(8-9)15(19)12-7-11(12)10-3-2-4-13(16)14(10)17/h2-4,9,11-12H,5-8H2,1H3. The Balaban J connectivity index is 1.71. The Bertz CT molecular complexity index is 517. The zero-order chi connectivity index (χ0) is 13.6. The van der Waals surface area contributed by atoms with Crippen LogP contribution in [-0.4, -0.2) is 23.9 Å². The minimum atomic E-state index is 0.112. The molecule has 2 fully saturated rings. The van der Waals surface area contributed by atoms with Gasteiger partial charge in [-0.3, -0.25) is 4.79 Å². The Morgan fingerprint density at radius 3 is 2.84 bits per heavy atom. The lowest BCUT2D eigenvalue weighted by molar-refractivity contribution is -0.131. The van der Waals surface area contributed by atoms with Crippen LogP contribution in [0.5, 0.6) is 0 Å². The van der Waals surface area contributed by atoms with Gasteiger partial charge in [0.25, 0.3) is 0 Å². The van der Waals surface area contributed by atoms with E-state index in [1.807, 2.05) is 17.0 Å². The fraction of sp³-hybridized carbons (Fsp3) is 0.533. The Morgan fingerprint density at radius 1 is 1.37 bits per heavy atom. The molecule has 1 aromatic rings. The number of hydrogen-bond donors (Lipinski definition) is 0. The molecule has 1 saturated carbocycles. The lowest BCUT2D eigenvalue weighted by Gasteiger charge is -2.16. The van der Waals surface area contributed by atoms with Crippen LogP contribution < -0.4 is 0 Å². The van der Waals surface area contributed by atoms with E-state index in [0.29, 0.717) is 21.9 Å². The molecule has 4 heteroatoms. The third-order valence-electron chi connectivity index (χ3n) is 4.22. The van der Waals surface area contributed by atoms with Crippen LogP contribution in [0.25, 0.3) is 0 Å². The minimum Gasteiger partial charge on any atom is -0.342 e. The number of likely N-dealkylation sites (tertiary alicyclic amines) is 1. The summed E-state index contributed by atoms with van der Waals surface area (Å²) in [5.74, 6) is 1.30. The van der Waals surface area contributed by atoms with Crippen molar-refractivity contribution in [2.75, 3.05) is 13.1 Å². The summed E-state index contributed by atoms with van der Waals surface area (Å²) in [4.78, 5) is 14.4. The minimum absolute atomic E-state index is 0.112. The zero-order valence-corrected chi connectivity index (χ0v) is 12.4. The third kappa shape index (κ3) is 2.48.